The monoisotopic (exact) mass is 834 g/mol. The molecule has 5 heteroatoms. The topological polar surface area (TPSA) is 51.8 Å². The second-order valence-corrected chi connectivity index (χ2v) is 14.1. The van der Waals surface area contributed by atoms with Crippen LogP contribution in [0, 0.1) is 51.7 Å². The minimum atomic E-state index is 0. The van der Waals surface area contributed by atoms with E-state index < -0.39 is 0 Å². The van der Waals surface area contributed by atoms with E-state index in [1.54, 1.807) is 0 Å². The first-order chi connectivity index (χ1) is 23.7. The molecule has 0 amide bonds. The zero-order valence-corrected chi connectivity index (χ0v) is 32.1. The zero-order valence-electron chi connectivity index (χ0n) is 29.7. The summed E-state index contributed by atoms with van der Waals surface area (Å²) in [5, 5.41) is 2.08. The molecule has 3 aromatic carbocycles. The van der Waals surface area contributed by atoms with E-state index in [9.17, 15) is 0 Å². The van der Waals surface area contributed by atoms with Crippen LogP contribution in [0.25, 0.3) is 55.8 Å². The molecule has 2 unspecified atom stereocenters. The first-order valence-corrected chi connectivity index (χ1v) is 17.4. The van der Waals surface area contributed by atoms with Gasteiger partial charge in [0.25, 0.3) is 0 Å². The summed E-state index contributed by atoms with van der Waals surface area (Å²) in [6.07, 6.45) is 7.73. The van der Waals surface area contributed by atoms with Gasteiger partial charge in [-0.2, -0.15) is 0 Å². The van der Waals surface area contributed by atoms with Gasteiger partial charge in [-0.15, -0.1) is 54.1 Å². The van der Waals surface area contributed by atoms with Gasteiger partial charge in [0.15, 0.2) is 0 Å². The van der Waals surface area contributed by atoms with E-state index >= 15 is 0 Å². The third kappa shape index (κ3) is 7.36. The van der Waals surface area contributed by atoms with Gasteiger partial charge in [-0.25, -0.2) is 4.98 Å². The molecule has 1 fully saturated rings. The van der Waals surface area contributed by atoms with Gasteiger partial charge in [0, 0.05) is 43.4 Å². The third-order valence-corrected chi connectivity index (χ3v) is 9.95. The van der Waals surface area contributed by atoms with Gasteiger partial charge in [-0.1, -0.05) is 61.2 Å². The summed E-state index contributed by atoms with van der Waals surface area (Å²) in [7, 11) is 0. The smallest absolute Gasteiger partial charge is 0.216 e. The van der Waals surface area contributed by atoms with Crippen LogP contribution in [0.5, 0.6) is 0 Å². The summed E-state index contributed by atoms with van der Waals surface area (Å²) in [5.74, 6) is 2.11. The number of hydrogen-bond donors (Lipinski definition) is 0. The van der Waals surface area contributed by atoms with Crippen molar-refractivity contribution in [1.29, 1.82) is 0 Å². The second kappa shape index (κ2) is 15.2. The number of aromatic nitrogens is 3. The van der Waals surface area contributed by atoms with E-state index in [0.717, 1.165) is 56.4 Å². The Morgan fingerprint density at radius 2 is 1.40 bits per heavy atom. The van der Waals surface area contributed by atoms with E-state index in [4.69, 9.17) is 14.4 Å². The van der Waals surface area contributed by atoms with Crippen molar-refractivity contribution >= 4 is 22.1 Å². The van der Waals surface area contributed by atoms with Crippen molar-refractivity contribution in [1.82, 2.24) is 15.0 Å². The molecule has 1 radical (unpaired) electrons. The zero-order chi connectivity index (χ0) is 34.1. The van der Waals surface area contributed by atoms with Crippen LogP contribution in [0.4, 0.5) is 0 Å². The second-order valence-electron chi connectivity index (χ2n) is 14.1. The quantitative estimate of drug-likeness (QED) is 0.166. The molecule has 2 atom stereocenters. The van der Waals surface area contributed by atoms with Crippen LogP contribution in [-0.4, -0.2) is 15.0 Å². The molecule has 255 valence electrons. The third-order valence-electron chi connectivity index (χ3n) is 9.95. The molecule has 1 saturated carbocycles. The molecule has 7 aromatic rings. The Morgan fingerprint density at radius 3 is 2.10 bits per heavy atom. The van der Waals surface area contributed by atoms with E-state index in [-0.39, 0.29) is 20.1 Å². The Morgan fingerprint density at radius 1 is 0.660 bits per heavy atom. The molecular formula is C45H43IrN3O-2. The SMILES string of the molecule is Cc1ccc(-c2[c-]cccc2)nc1.Cc1cnc(-c2[c-]ccc3c2oc2nc(-c4c(C)cccc4C)ccc23)cc1C1CC(C)CC(C)C1.[Ir]. The predicted molar refractivity (Wildman–Crippen MR) is 201 cm³/mol. The first-order valence-electron chi connectivity index (χ1n) is 17.4. The average Bonchev–Trinajstić information content (AvgIpc) is 3.47. The summed E-state index contributed by atoms with van der Waals surface area (Å²) < 4.78 is 6.45. The molecule has 4 heterocycles. The van der Waals surface area contributed by atoms with Crippen molar-refractivity contribution in [2.24, 2.45) is 11.8 Å². The fourth-order valence-electron chi connectivity index (χ4n) is 7.67. The Bertz CT molecular complexity index is 2210. The molecule has 8 rings (SSSR count). The Balaban J connectivity index is 0.000000260. The number of aryl methyl sites for hydroxylation is 4. The molecule has 4 aromatic heterocycles. The Hall–Kier alpha value is -4.44. The van der Waals surface area contributed by atoms with Gasteiger partial charge < -0.3 is 14.4 Å². The van der Waals surface area contributed by atoms with Crippen LogP contribution < -0.4 is 0 Å². The maximum absolute atomic E-state index is 6.45. The predicted octanol–water partition coefficient (Wildman–Crippen LogP) is 11.8. The van der Waals surface area contributed by atoms with Gasteiger partial charge in [0.1, 0.15) is 0 Å². The van der Waals surface area contributed by atoms with Crippen molar-refractivity contribution in [3.63, 3.8) is 0 Å². The van der Waals surface area contributed by atoms with Gasteiger partial charge in [0.05, 0.1) is 11.3 Å². The van der Waals surface area contributed by atoms with Gasteiger partial charge in [-0.05, 0) is 116 Å². The van der Waals surface area contributed by atoms with Crippen LogP contribution in [0.15, 0.2) is 102 Å². The number of pyridine rings is 3. The van der Waals surface area contributed by atoms with Crippen LogP contribution in [0.3, 0.4) is 0 Å². The molecular weight excluding hydrogens is 791 g/mol. The number of nitrogens with zero attached hydrogens (tertiary/aromatic N) is 3. The van der Waals surface area contributed by atoms with E-state index in [1.807, 2.05) is 55.7 Å². The average molecular weight is 834 g/mol. The van der Waals surface area contributed by atoms with E-state index in [0.29, 0.717) is 11.6 Å². The molecule has 0 N–H and O–H groups in total. The standard InChI is InChI=1S/C33H33N2O.C12H10N.Ir/c1-19-14-20(2)16-24(15-19)28-17-30(34-18-23(28)5)27-11-7-10-25-26-12-13-29(35-33(26)36-32(25)27)31-21(3)8-6-9-22(31)4;1-10-7-8-12(13-9-10)11-5-3-2-4-6-11;/h6-10,12-13,17-20,24H,14-16H2,1-5H3;2-5,7-9H,1H3;/q2*-1;. The number of benzene rings is 3. The normalized spacial score (nSPS) is 17.2. The molecule has 50 heavy (non-hydrogen) atoms. The summed E-state index contributed by atoms with van der Waals surface area (Å²) in [6, 6.07) is 35.5. The molecule has 4 nitrogen and oxygen atoms in total. The van der Waals surface area contributed by atoms with E-state index in [1.165, 1.54) is 52.6 Å². The summed E-state index contributed by atoms with van der Waals surface area (Å²) in [5.41, 5.74) is 13.8. The van der Waals surface area contributed by atoms with Crippen LogP contribution in [0.1, 0.15) is 66.8 Å². The molecule has 1 aliphatic rings. The minimum Gasteiger partial charge on any atom is -0.486 e. The van der Waals surface area contributed by atoms with Crippen LogP contribution >= 0.6 is 0 Å². The summed E-state index contributed by atoms with van der Waals surface area (Å²) >= 11 is 0. The molecule has 0 aliphatic heterocycles. The molecule has 0 bridgehead atoms. The summed E-state index contributed by atoms with van der Waals surface area (Å²) in [4.78, 5) is 14.1. The first kappa shape index (κ1) is 35.4. The van der Waals surface area contributed by atoms with E-state index in [2.05, 4.69) is 100 Å². The van der Waals surface area contributed by atoms with Crippen molar-refractivity contribution < 1.29 is 24.5 Å². The molecule has 0 saturated heterocycles. The van der Waals surface area contributed by atoms with Gasteiger partial charge in [0.2, 0.25) is 5.71 Å². The fraction of sp³-hybridized carbons (Fsp3) is 0.267. The molecule has 1 aliphatic carbocycles. The Labute approximate surface area is 309 Å². The number of fused-ring (bicyclic) bond motifs is 3. The fourth-order valence-corrected chi connectivity index (χ4v) is 7.67. The maximum Gasteiger partial charge on any atom is 0.216 e. The number of rotatable bonds is 4. The van der Waals surface area contributed by atoms with Gasteiger partial charge in [-0.3, -0.25) is 0 Å². The molecule has 0 spiro atoms. The van der Waals surface area contributed by atoms with Crippen molar-refractivity contribution in [2.45, 2.75) is 66.7 Å². The van der Waals surface area contributed by atoms with Crippen LogP contribution in [0.2, 0.25) is 0 Å². The number of hydrogen-bond acceptors (Lipinski definition) is 4. The largest absolute Gasteiger partial charge is 0.486 e. The maximum atomic E-state index is 6.45. The van der Waals surface area contributed by atoms with Crippen molar-refractivity contribution in [3.05, 3.63) is 137 Å². The van der Waals surface area contributed by atoms with Crippen LogP contribution in [-0.2, 0) is 20.1 Å². The van der Waals surface area contributed by atoms with Crippen molar-refractivity contribution in [3.8, 4) is 33.8 Å². The summed E-state index contributed by atoms with van der Waals surface area (Å²) in [6.45, 7) is 13.3. The number of furan rings is 1. The minimum absolute atomic E-state index is 0. The Kier molecular flexibility index (Phi) is 10.8. The van der Waals surface area contributed by atoms with Crippen molar-refractivity contribution in [2.75, 3.05) is 0 Å². The van der Waals surface area contributed by atoms with Gasteiger partial charge >= 0.3 is 0 Å².